The summed E-state index contributed by atoms with van der Waals surface area (Å²) in [5.41, 5.74) is 2.47. The normalized spacial score (nSPS) is 11.2. The molecule has 4 heteroatoms. The predicted octanol–water partition coefficient (Wildman–Crippen LogP) is 3.50. The Bertz CT molecular complexity index is 369. The average Bonchev–Trinajstić information content (AvgIpc) is 2.38. The van der Waals surface area contributed by atoms with Gasteiger partial charge in [0.1, 0.15) is 0 Å². The van der Waals surface area contributed by atoms with Crippen LogP contribution in [0.2, 0.25) is 0 Å². The first-order chi connectivity index (χ1) is 9.13. The van der Waals surface area contributed by atoms with Crippen LogP contribution >= 0.6 is 15.9 Å². The molecule has 19 heavy (non-hydrogen) atoms. The zero-order valence-electron chi connectivity index (χ0n) is 12.0. The summed E-state index contributed by atoms with van der Waals surface area (Å²) in [5, 5.41) is 3.41. The van der Waals surface area contributed by atoms with Crippen molar-refractivity contribution in [2.24, 2.45) is 0 Å². The Hall–Kier alpha value is -0.420. The van der Waals surface area contributed by atoms with Crippen molar-refractivity contribution in [2.75, 3.05) is 20.3 Å². The molecule has 0 spiro atoms. The molecular weight excluding hydrogens is 306 g/mol. The second-order valence-electron chi connectivity index (χ2n) is 4.86. The molecule has 0 unspecified atom stereocenters. The highest BCUT2D eigenvalue weighted by Gasteiger charge is 2.03. The highest BCUT2D eigenvalue weighted by atomic mass is 79.9. The van der Waals surface area contributed by atoms with Crippen LogP contribution in [0.4, 0.5) is 0 Å². The van der Waals surface area contributed by atoms with E-state index in [0.717, 1.165) is 30.7 Å². The third-order valence-electron chi connectivity index (χ3n) is 2.73. The van der Waals surface area contributed by atoms with Crippen LogP contribution in [0.15, 0.2) is 22.7 Å². The van der Waals surface area contributed by atoms with Crippen molar-refractivity contribution in [2.45, 2.75) is 39.5 Å². The SMILES string of the molecule is COCCCOCc1ccc(CNC(C)C)cc1Br. The molecule has 3 nitrogen and oxygen atoms in total. The second-order valence-corrected chi connectivity index (χ2v) is 5.71. The molecule has 1 aromatic rings. The Morgan fingerprint density at radius 1 is 1.26 bits per heavy atom. The van der Waals surface area contributed by atoms with E-state index in [0.29, 0.717) is 12.6 Å². The number of nitrogens with one attached hydrogen (secondary N) is 1. The molecule has 0 aliphatic heterocycles. The van der Waals surface area contributed by atoms with Gasteiger partial charge in [-0.1, -0.05) is 41.9 Å². The molecule has 1 N–H and O–H groups in total. The van der Waals surface area contributed by atoms with Gasteiger partial charge < -0.3 is 14.8 Å². The van der Waals surface area contributed by atoms with Crippen molar-refractivity contribution >= 4 is 15.9 Å². The van der Waals surface area contributed by atoms with Crippen LogP contribution in [0.25, 0.3) is 0 Å². The zero-order chi connectivity index (χ0) is 14.1. The Balaban J connectivity index is 2.39. The lowest BCUT2D eigenvalue weighted by Crippen LogP contribution is -2.21. The molecular formula is C15H24BrNO2. The summed E-state index contributed by atoms with van der Waals surface area (Å²) < 4.78 is 11.7. The zero-order valence-corrected chi connectivity index (χ0v) is 13.6. The molecule has 108 valence electrons. The number of ether oxygens (including phenoxy) is 2. The van der Waals surface area contributed by atoms with Gasteiger partial charge in [0, 0.05) is 37.4 Å². The van der Waals surface area contributed by atoms with E-state index in [-0.39, 0.29) is 0 Å². The van der Waals surface area contributed by atoms with Crippen molar-refractivity contribution in [3.8, 4) is 0 Å². The molecule has 0 fully saturated rings. The summed E-state index contributed by atoms with van der Waals surface area (Å²) in [6.45, 7) is 7.32. The van der Waals surface area contributed by atoms with E-state index >= 15 is 0 Å². The number of methoxy groups -OCH3 is 1. The topological polar surface area (TPSA) is 30.5 Å². The Morgan fingerprint density at radius 3 is 2.68 bits per heavy atom. The maximum atomic E-state index is 5.62. The third-order valence-corrected chi connectivity index (χ3v) is 3.46. The van der Waals surface area contributed by atoms with Gasteiger partial charge in [0.25, 0.3) is 0 Å². The molecule has 1 aromatic carbocycles. The van der Waals surface area contributed by atoms with Gasteiger partial charge in [0.05, 0.1) is 6.61 Å². The minimum atomic E-state index is 0.502. The average molecular weight is 330 g/mol. The summed E-state index contributed by atoms with van der Waals surface area (Å²) in [7, 11) is 1.71. The first kappa shape index (κ1) is 16.6. The molecule has 0 aromatic heterocycles. The molecule has 0 aliphatic carbocycles. The van der Waals surface area contributed by atoms with Gasteiger partial charge in [-0.2, -0.15) is 0 Å². The minimum absolute atomic E-state index is 0.502. The van der Waals surface area contributed by atoms with Crippen LogP contribution < -0.4 is 5.32 Å². The molecule has 0 radical (unpaired) electrons. The predicted molar refractivity (Wildman–Crippen MR) is 82.3 cm³/mol. The van der Waals surface area contributed by atoms with E-state index in [1.807, 2.05) is 0 Å². The number of rotatable bonds is 9. The van der Waals surface area contributed by atoms with Crippen LogP contribution in [0, 0.1) is 0 Å². The van der Waals surface area contributed by atoms with Gasteiger partial charge >= 0.3 is 0 Å². The second kappa shape index (κ2) is 9.48. The van der Waals surface area contributed by atoms with Gasteiger partial charge in [-0.05, 0) is 23.6 Å². The standard InChI is InChI=1S/C15H24BrNO2/c1-12(2)17-10-13-5-6-14(15(16)9-13)11-19-8-4-7-18-3/h5-6,9,12,17H,4,7-8,10-11H2,1-3H3. The van der Waals surface area contributed by atoms with Crippen molar-refractivity contribution in [1.82, 2.24) is 5.32 Å². The Labute approximate surface area is 124 Å². The molecule has 0 atom stereocenters. The molecule has 0 saturated heterocycles. The first-order valence-electron chi connectivity index (χ1n) is 6.71. The summed E-state index contributed by atoms with van der Waals surface area (Å²) in [6.07, 6.45) is 0.935. The maximum absolute atomic E-state index is 5.62. The van der Waals surface area contributed by atoms with E-state index < -0.39 is 0 Å². The molecule has 0 saturated carbocycles. The fraction of sp³-hybridized carbons (Fsp3) is 0.600. The number of hydrogen-bond acceptors (Lipinski definition) is 3. The van der Waals surface area contributed by atoms with Gasteiger partial charge in [0.15, 0.2) is 0 Å². The van der Waals surface area contributed by atoms with Crippen molar-refractivity contribution in [3.63, 3.8) is 0 Å². The molecule has 0 heterocycles. The van der Waals surface area contributed by atoms with Crippen LogP contribution in [-0.2, 0) is 22.6 Å². The Kier molecular flexibility index (Phi) is 8.30. The lowest BCUT2D eigenvalue weighted by atomic mass is 10.1. The van der Waals surface area contributed by atoms with E-state index in [4.69, 9.17) is 9.47 Å². The van der Waals surface area contributed by atoms with Crippen molar-refractivity contribution in [3.05, 3.63) is 33.8 Å². The lowest BCUT2D eigenvalue weighted by Gasteiger charge is -2.11. The number of benzene rings is 1. The smallest absolute Gasteiger partial charge is 0.0727 e. The van der Waals surface area contributed by atoms with Gasteiger partial charge in [-0.15, -0.1) is 0 Å². The van der Waals surface area contributed by atoms with E-state index in [1.165, 1.54) is 11.1 Å². The third kappa shape index (κ3) is 7.06. The summed E-state index contributed by atoms with van der Waals surface area (Å²) in [5.74, 6) is 0. The fourth-order valence-electron chi connectivity index (χ4n) is 1.63. The monoisotopic (exact) mass is 329 g/mol. The van der Waals surface area contributed by atoms with Crippen LogP contribution in [0.5, 0.6) is 0 Å². The van der Waals surface area contributed by atoms with Crippen LogP contribution in [-0.4, -0.2) is 26.4 Å². The van der Waals surface area contributed by atoms with Gasteiger partial charge in [0.2, 0.25) is 0 Å². The molecule has 0 amide bonds. The highest BCUT2D eigenvalue weighted by molar-refractivity contribution is 9.10. The minimum Gasteiger partial charge on any atom is -0.385 e. The molecule has 0 bridgehead atoms. The summed E-state index contributed by atoms with van der Waals surface area (Å²) >= 11 is 3.60. The summed E-state index contributed by atoms with van der Waals surface area (Å²) in [4.78, 5) is 0. The first-order valence-corrected chi connectivity index (χ1v) is 7.50. The number of hydrogen-bond donors (Lipinski definition) is 1. The van der Waals surface area contributed by atoms with E-state index in [1.54, 1.807) is 7.11 Å². The molecule has 0 aliphatic rings. The van der Waals surface area contributed by atoms with Gasteiger partial charge in [-0.3, -0.25) is 0 Å². The fourth-order valence-corrected chi connectivity index (χ4v) is 2.17. The van der Waals surface area contributed by atoms with Crippen molar-refractivity contribution in [1.29, 1.82) is 0 Å². The highest BCUT2D eigenvalue weighted by Crippen LogP contribution is 2.19. The van der Waals surface area contributed by atoms with Crippen LogP contribution in [0.3, 0.4) is 0 Å². The van der Waals surface area contributed by atoms with Crippen LogP contribution in [0.1, 0.15) is 31.4 Å². The maximum Gasteiger partial charge on any atom is 0.0727 e. The lowest BCUT2D eigenvalue weighted by molar-refractivity contribution is 0.0925. The summed E-state index contributed by atoms with van der Waals surface area (Å²) in [6, 6.07) is 6.93. The quantitative estimate of drug-likeness (QED) is 0.703. The van der Waals surface area contributed by atoms with Crippen molar-refractivity contribution < 1.29 is 9.47 Å². The largest absolute Gasteiger partial charge is 0.385 e. The molecule has 1 rings (SSSR count). The number of halogens is 1. The van der Waals surface area contributed by atoms with Gasteiger partial charge in [-0.25, -0.2) is 0 Å². The van der Waals surface area contributed by atoms with E-state index in [2.05, 4.69) is 53.3 Å². The Morgan fingerprint density at radius 2 is 2.05 bits per heavy atom. The van der Waals surface area contributed by atoms with E-state index in [9.17, 15) is 0 Å².